The quantitative estimate of drug-likeness (QED) is 0.569. The molecule has 0 fully saturated rings. The molecule has 0 spiro atoms. The molecule has 0 amide bonds. The van der Waals surface area contributed by atoms with Gasteiger partial charge in [0.1, 0.15) is 5.82 Å². The van der Waals surface area contributed by atoms with Gasteiger partial charge >= 0.3 is 0 Å². The summed E-state index contributed by atoms with van der Waals surface area (Å²) in [7, 11) is 0. The van der Waals surface area contributed by atoms with Gasteiger partial charge in [-0.2, -0.15) is 0 Å². The molecule has 0 saturated carbocycles. The van der Waals surface area contributed by atoms with Crippen LogP contribution in [-0.4, -0.2) is 19.5 Å². The van der Waals surface area contributed by atoms with Crippen molar-refractivity contribution in [2.45, 2.75) is 26.6 Å². The molecule has 1 aromatic carbocycles. The van der Waals surface area contributed by atoms with Crippen LogP contribution < -0.4 is 0 Å². The zero-order valence-corrected chi connectivity index (χ0v) is 9.80. The first-order valence-corrected chi connectivity index (χ1v) is 5.45. The van der Waals surface area contributed by atoms with E-state index >= 15 is 0 Å². The van der Waals surface area contributed by atoms with Crippen LogP contribution in [0.5, 0.6) is 0 Å². The third-order valence-electron chi connectivity index (χ3n) is 2.16. The van der Waals surface area contributed by atoms with Gasteiger partial charge < -0.3 is 9.47 Å². The van der Waals surface area contributed by atoms with Gasteiger partial charge in [0.15, 0.2) is 17.9 Å². The van der Waals surface area contributed by atoms with E-state index in [1.165, 1.54) is 0 Å². The van der Waals surface area contributed by atoms with E-state index in [1.807, 2.05) is 0 Å². The van der Waals surface area contributed by atoms with Crippen molar-refractivity contribution in [3.63, 3.8) is 0 Å². The lowest BCUT2D eigenvalue weighted by Crippen LogP contribution is -2.21. The van der Waals surface area contributed by atoms with Crippen LogP contribution in [0.4, 0.5) is 13.2 Å². The molecule has 0 heterocycles. The van der Waals surface area contributed by atoms with E-state index in [-0.39, 0.29) is 12.0 Å². The van der Waals surface area contributed by atoms with Crippen LogP contribution in [0.1, 0.15) is 19.4 Å². The minimum Gasteiger partial charge on any atom is -0.353 e. The molecule has 17 heavy (non-hydrogen) atoms. The van der Waals surface area contributed by atoms with Crippen LogP contribution in [0, 0.1) is 17.5 Å². The van der Waals surface area contributed by atoms with Crippen molar-refractivity contribution in [2.24, 2.45) is 0 Å². The van der Waals surface area contributed by atoms with E-state index < -0.39 is 23.7 Å². The van der Waals surface area contributed by atoms with Crippen LogP contribution in [0.2, 0.25) is 0 Å². The predicted molar refractivity (Wildman–Crippen MR) is 57.1 cm³/mol. The van der Waals surface area contributed by atoms with Gasteiger partial charge in [0.25, 0.3) is 0 Å². The first-order valence-electron chi connectivity index (χ1n) is 5.45. The Balaban J connectivity index is 2.84. The topological polar surface area (TPSA) is 18.5 Å². The summed E-state index contributed by atoms with van der Waals surface area (Å²) >= 11 is 0. The van der Waals surface area contributed by atoms with Gasteiger partial charge in [-0.25, -0.2) is 13.2 Å². The minimum absolute atomic E-state index is 0.0256. The highest BCUT2D eigenvalue weighted by atomic mass is 19.2. The number of hydrogen-bond acceptors (Lipinski definition) is 2. The smallest absolute Gasteiger partial charge is 0.162 e. The van der Waals surface area contributed by atoms with Crippen LogP contribution in [0.15, 0.2) is 12.1 Å². The highest BCUT2D eigenvalue weighted by Gasteiger charge is 2.16. The van der Waals surface area contributed by atoms with Gasteiger partial charge in [0.2, 0.25) is 0 Å². The Morgan fingerprint density at radius 3 is 2.18 bits per heavy atom. The van der Waals surface area contributed by atoms with Gasteiger partial charge in [-0.3, -0.25) is 0 Å². The SMILES string of the molecule is CCOC(Cc1cc(F)cc(F)c1F)OCC. The molecule has 1 aromatic rings. The van der Waals surface area contributed by atoms with E-state index in [9.17, 15) is 13.2 Å². The molecule has 2 nitrogen and oxygen atoms in total. The second kappa shape index (κ2) is 6.61. The number of halogens is 3. The molecule has 1 rings (SSSR count). The molecule has 0 aliphatic rings. The lowest BCUT2D eigenvalue weighted by Gasteiger charge is -2.17. The lowest BCUT2D eigenvalue weighted by molar-refractivity contribution is -0.134. The molecule has 96 valence electrons. The van der Waals surface area contributed by atoms with Crippen molar-refractivity contribution in [3.05, 3.63) is 35.1 Å². The molecule has 0 bridgehead atoms. The second-order valence-electron chi connectivity index (χ2n) is 3.41. The van der Waals surface area contributed by atoms with Crippen LogP contribution in [0.3, 0.4) is 0 Å². The zero-order valence-electron chi connectivity index (χ0n) is 9.80. The van der Waals surface area contributed by atoms with Crippen molar-refractivity contribution in [2.75, 3.05) is 13.2 Å². The molecule has 0 radical (unpaired) electrons. The molecule has 0 aliphatic heterocycles. The molecule has 0 saturated heterocycles. The van der Waals surface area contributed by atoms with Crippen molar-refractivity contribution < 1.29 is 22.6 Å². The Labute approximate surface area is 98.3 Å². The van der Waals surface area contributed by atoms with Gasteiger partial charge in [-0.1, -0.05) is 0 Å². The van der Waals surface area contributed by atoms with Crippen LogP contribution in [-0.2, 0) is 15.9 Å². The predicted octanol–water partition coefficient (Wildman–Crippen LogP) is 3.05. The number of rotatable bonds is 6. The summed E-state index contributed by atoms with van der Waals surface area (Å²) in [5.74, 6) is -3.08. The van der Waals surface area contributed by atoms with E-state index in [2.05, 4.69) is 0 Å². The molecule has 0 unspecified atom stereocenters. The Bertz CT molecular complexity index is 363. The third-order valence-corrected chi connectivity index (χ3v) is 2.16. The summed E-state index contributed by atoms with van der Waals surface area (Å²) in [6, 6.07) is 1.46. The summed E-state index contributed by atoms with van der Waals surface area (Å²) in [6.07, 6.45) is -0.719. The minimum atomic E-state index is -1.20. The van der Waals surface area contributed by atoms with Crippen molar-refractivity contribution in [1.82, 2.24) is 0 Å². The molecule has 0 aliphatic carbocycles. The summed E-state index contributed by atoms with van der Waals surface area (Å²) in [5.41, 5.74) is -0.0885. The fourth-order valence-corrected chi connectivity index (χ4v) is 1.48. The van der Waals surface area contributed by atoms with E-state index in [0.29, 0.717) is 19.3 Å². The molecular weight excluding hydrogens is 233 g/mol. The lowest BCUT2D eigenvalue weighted by atomic mass is 10.1. The maximum absolute atomic E-state index is 13.4. The van der Waals surface area contributed by atoms with Gasteiger partial charge in [0.05, 0.1) is 0 Å². The summed E-state index contributed by atoms with van der Waals surface area (Å²) in [6.45, 7) is 4.28. The number of hydrogen-bond donors (Lipinski definition) is 0. The van der Waals surface area contributed by atoms with Gasteiger partial charge in [-0.05, 0) is 25.5 Å². The summed E-state index contributed by atoms with van der Waals surface area (Å²) < 4.78 is 49.7. The van der Waals surface area contributed by atoms with E-state index in [4.69, 9.17) is 9.47 Å². The summed E-state index contributed by atoms with van der Waals surface area (Å²) in [4.78, 5) is 0. The fourth-order valence-electron chi connectivity index (χ4n) is 1.48. The molecular formula is C12H15F3O2. The normalized spacial score (nSPS) is 11.2. The first-order chi connectivity index (χ1) is 8.08. The Kier molecular flexibility index (Phi) is 5.44. The van der Waals surface area contributed by atoms with Crippen LogP contribution in [0.25, 0.3) is 0 Å². The molecule has 0 atom stereocenters. The monoisotopic (exact) mass is 248 g/mol. The highest BCUT2D eigenvalue weighted by molar-refractivity contribution is 5.20. The average molecular weight is 248 g/mol. The molecule has 5 heteroatoms. The number of benzene rings is 1. The Morgan fingerprint density at radius 1 is 1.06 bits per heavy atom. The van der Waals surface area contributed by atoms with E-state index in [0.717, 1.165) is 6.07 Å². The summed E-state index contributed by atoms with van der Waals surface area (Å²) in [5, 5.41) is 0. The number of ether oxygens (including phenoxy) is 2. The zero-order chi connectivity index (χ0) is 12.8. The van der Waals surface area contributed by atoms with Crippen molar-refractivity contribution in [3.8, 4) is 0 Å². The Morgan fingerprint density at radius 2 is 1.65 bits per heavy atom. The van der Waals surface area contributed by atoms with Crippen molar-refractivity contribution in [1.29, 1.82) is 0 Å². The second-order valence-corrected chi connectivity index (χ2v) is 3.41. The molecule has 0 N–H and O–H groups in total. The molecule has 0 aromatic heterocycles. The highest BCUT2D eigenvalue weighted by Crippen LogP contribution is 2.17. The largest absolute Gasteiger partial charge is 0.353 e. The fraction of sp³-hybridized carbons (Fsp3) is 0.500. The average Bonchev–Trinajstić information content (AvgIpc) is 2.26. The van der Waals surface area contributed by atoms with Gasteiger partial charge in [-0.15, -0.1) is 0 Å². The van der Waals surface area contributed by atoms with Crippen molar-refractivity contribution >= 4 is 0 Å². The maximum Gasteiger partial charge on any atom is 0.162 e. The third kappa shape index (κ3) is 4.02. The van der Waals surface area contributed by atoms with Gasteiger partial charge in [0, 0.05) is 25.7 Å². The maximum atomic E-state index is 13.4. The standard InChI is InChI=1S/C12H15F3O2/c1-3-16-11(17-4-2)6-8-5-9(13)7-10(14)12(8)15/h5,7,11H,3-4,6H2,1-2H3. The van der Waals surface area contributed by atoms with E-state index in [1.54, 1.807) is 13.8 Å². The first kappa shape index (κ1) is 14.0. The van der Waals surface area contributed by atoms with Crippen LogP contribution >= 0.6 is 0 Å². The Hall–Kier alpha value is -1.07.